The molecular formula is C9H16F3NO2. The molecule has 15 heavy (non-hydrogen) atoms. The molecule has 0 fully saturated rings. The van der Waals surface area contributed by atoms with E-state index in [2.05, 4.69) is 4.74 Å². The zero-order valence-corrected chi connectivity index (χ0v) is 8.80. The minimum absolute atomic E-state index is 0.155. The van der Waals surface area contributed by atoms with E-state index in [-0.39, 0.29) is 18.9 Å². The van der Waals surface area contributed by atoms with Gasteiger partial charge in [-0.1, -0.05) is 13.8 Å². The SMILES string of the molecule is CC(C)CC(CCN)OC(=O)C(F)(F)F. The van der Waals surface area contributed by atoms with Crippen molar-refractivity contribution in [3.63, 3.8) is 0 Å². The highest BCUT2D eigenvalue weighted by Gasteiger charge is 2.42. The summed E-state index contributed by atoms with van der Waals surface area (Å²) in [5.41, 5.74) is 5.22. The van der Waals surface area contributed by atoms with Crippen LogP contribution in [0.3, 0.4) is 0 Å². The average Bonchev–Trinajstić information content (AvgIpc) is 2.01. The topological polar surface area (TPSA) is 52.3 Å². The van der Waals surface area contributed by atoms with Gasteiger partial charge in [0.1, 0.15) is 6.10 Å². The molecule has 3 nitrogen and oxygen atoms in total. The number of nitrogens with two attached hydrogens (primary N) is 1. The Bertz CT molecular complexity index is 204. The van der Waals surface area contributed by atoms with Gasteiger partial charge in [-0.2, -0.15) is 13.2 Å². The van der Waals surface area contributed by atoms with Crippen molar-refractivity contribution < 1.29 is 22.7 Å². The highest BCUT2D eigenvalue weighted by Crippen LogP contribution is 2.20. The fourth-order valence-corrected chi connectivity index (χ4v) is 1.15. The van der Waals surface area contributed by atoms with Crippen LogP contribution in [0, 0.1) is 5.92 Å². The fourth-order valence-electron chi connectivity index (χ4n) is 1.15. The first kappa shape index (κ1) is 14.2. The number of alkyl halides is 3. The normalized spacial score (nSPS) is 14.1. The second-order valence-corrected chi connectivity index (χ2v) is 3.73. The van der Waals surface area contributed by atoms with Crippen LogP contribution in [0.25, 0.3) is 0 Å². The number of hydrogen-bond donors (Lipinski definition) is 1. The van der Waals surface area contributed by atoms with Gasteiger partial charge in [0.25, 0.3) is 0 Å². The quantitative estimate of drug-likeness (QED) is 0.729. The first-order valence-electron chi connectivity index (χ1n) is 4.75. The Morgan fingerprint density at radius 2 is 1.93 bits per heavy atom. The van der Waals surface area contributed by atoms with Crippen molar-refractivity contribution in [2.45, 2.75) is 39.0 Å². The van der Waals surface area contributed by atoms with Crippen LogP contribution in [0.15, 0.2) is 0 Å². The van der Waals surface area contributed by atoms with E-state index in [9.17, 15) is 18.0 Å². The van der Waals surface area contributed by atoms with E-state index >= 15 is 0 Å². The summed E-state index contributed by atoms with van der Waals surface area (Å²) in [6, 6.07) is 0. The lowest BCUT2D eigenvalue weighted by molar-refractivity contribution is -0.205. The summed E-state index contributed by atoms with van der Waals surface area (Å²) >= 11 is 0. The predicted molar refractivity (Wildman–Crippen MR) is 49.1 cm³/mol. The van der Waals surface area contributed by atoms with Crippen LogP contribution in [0.4, 0.5) is 13.2 Å². The molecule has 0 aliphatic heterocycles. The first-order valence-corrected chi connectivity index (χ1v) is 4.75. The van der Waals surface area contributed by atoms with E-state index in [1.165, 1.54) is 0 Å². The van der Waals surface area contributed by atoms with Crippen molar-refractivity contribution in [3.8, 4) is 0 Å². The molecule has 0 aliphatic rings. The highest BCUT2D eigenvalue weighted by atomic mass is 19.4. The lowest BCUT2D eigenvalue weighted by atomic mass is 10.0. The van der Waals surface area contributed by atoms with Gasteiger partial charge in [-0.15, -0.1) is 0 Å². The van der Waals surface area contributed by atoms with Crippen LogP contribution in [-0.2, 0) is 9.53 Å². The van der Waals surface area contributed by atoms with Crippen molar-refractivity contribution in [2.24, 2.45) is 11.7 Å². The Kier molecular flexibility index (Phi) is 5.64. The molecule has 0 bridgehead atoms. The zero-order chi connectivity index (χ0) is 12.1. The van der Waals surface area contributed by atoms with Crippen molar-refractivity contribution >= 4 is 5.97 Å². The summed E-state index contributed by atoms with van der Waals surface area (Å²) in [5, 5.41) is 0. The molecule has 0 spiro atoms. The molecular weight excluding hydrogens is 211 g/mol. The molecule has 0 rings (SSSR count). The van der Waals surface area contributed by atoms with Gasteiger partial charge in [0.15, 0.2) is 0 Å². The van der Waals surface area contributed by atoms with E-state index in [4.69, 9.17) is 5.73 Å². The molecule has 0 aromatic heterocycles. The van der Waals surface area contributed by atoms with E-state index in [0.29, 0.717) is 6.42 Å². The summed E-state index contributed by atoms with van der Waals surface area (Å²) in [4.78, 5) is 10.5. The molecule has 90 valence electrons. The van der Waals surface area contributed by atoms with E-state index in [0.717, 1.165) is 0 Å². The van der Waals surface area contributed by atoms with Crippen molar-refractivity contribution in [2.75, 3.05) is 6.54 Å². The monoisotopic (exact) mass is 227 g/mol. The maximum absolute atomic E-state index is 11.9. The molecule has 0 heterocycles. The Labute approximate surface area is 86.8 Å². The molecule has 0 radical (unpaired) electrons. The lowest BCUT2D eigenvalue weighted by Gasteiger charge is -2.19. The third-order valence-corrected chi connectivity index (χ3v) is 1.73. The van der Waals surface area contributed by atoms with Gasteiger partial charge in [0.05, 0.1) is 0 Å². The maximum atomic E-state index is 11.9. The summed E-state index contributed by atoms with van der Waals surface area (Å²) in [5.74, 6) is -1.98. The zero-order valence-electron chi connectivity index (χ0n) is 8.80. The van der Waals surface area contributed by atoms with Crippen LogP contribution in [-0.4, -0.2) is 24.8 Å². The minimum Gasteiger partial charge on any atom is -0.456 e. The average molecular weight is 227 g/mol. The summed E-state index contributed by atoms with van der Waals surface area (Å²) < 4.78 is 40.0. The number of carbonyl (C=O) groups is 1. The molecule has 6 heteroatoms. The highest BCUT2D eigenvalue weighted by molar-refractivity contribution is 5.75. The largest absolute Gasteiger partial charge is 0.490 e. The lowest BCUT2D eigenvalue weighted by Crippen LogP contribution is -2.31. The Morgan fingerprint density at radius 3 is 2.27 bits per heavy atom. The number of esters is 1. The van der Waals surface area contributed by atoms with Gasteiger partial charge in [-0.25, -0.2) is 4.79 Å². The molecule has 0 aromatic carbocycles. The van der Waals surface area contributed by atoms with E-state index in [1.54, 1.807) is 0 Å². The third-order valence-electron chi connectivity index (χ3n) is 1.73. The summed E-state index contributed by atoms with van der Waals surface area (Å²) in [7, 11) is 0. The summed E-state index contributed by atoms with van der Waals surface area (Å²) in [6.07, 6.45) is -5.04. The van der Waals surface area contributed by atoms with Gasteiger partial charge in [0.2, 0.25) is 0 Å². The minimum atomic E-state index is -4.93. The molecule has 1 atom stereocenters. The van der Waals surface area contributed by atoms with Gasteiger partial charge in [0, 0.05) is 0 Å². The fraction of sp³-hybridized carbons (Fsp3) is 0.889. The standard InChI is InChI=1S/C9H16F3NO2/c1-6(2)5-7(3-4-13)15-8(14)9(10,11)12/h6-7H,3-5,13H2,1-2H3. The van der Waals surface area contributed by atoms with Gasteiger partial charge in [-0.3, -0.25) is 0 Å². The first-order chi connectivity index (χ1) is 6.77. The molecule has 0 amide bonds. The second-order valence-electron chi connectivity index (χ2n) is 3.73. The molecule has 0 aliphatic carbocycles. The predicted octanol–water partition coefficient (Wildman–Crippen LogP) is 1.86. The molecule has 0 saturated carbocycles. The van der Waals surface area contributed by atoms with Crippen molar-refractivity contribution in [1.29, 1.82) is 0 Å². The molecule has 1 unspecified atom stereocenters. The van der Waals surface area contributed by atoms with E-state index < -0.39 is 18.2 Å². The molecule has 0 aromatic rings. The van der Waals surface area contributed by atoms with Crippen LogP contribution >= 0.6 is 0 Å². The molecule has 2 N–H and O–H groups in total. The Morgan fingerprint density at radius 1 is 1.40 bits per heavy atom. The van der Waals surface area contributed by atoms with Crippen LogP contribution in [0.5, 0.6) is 0 Å². The van der Waals surface area contributed by atoms with Crippen LogP contribution in [0.1, 0.15) is 26.7 Å². The maximum Gasteiger partial charge on any atom is 0.490 e. The summed E-state index contributed by atoms with van der Waals surface area (Å²) in [6.45, 7) is 3.87. The Balaban J connectivity index is 4.22. The van der Waals surface area contributed by atoms with E-state index in [1.807, 2.05) is 13.8 Å². The number of carbonyl (C=O) groups excluding carboxylic acids is 1. The Hall–Kier alpha value is -0.780. The number of halogens is 3. The third kappa shape index (κ3) is 6.33. The second kappa shape index (κ2) is 5.95. The van der Waals surface area contributed by atoms with Crippen molar-refractivity contribution in [3.05, 3.63) is 0 Å². The van der Waals surface area contributed by atoms with Gasteiger partial charge in [-0.05, 0) is 25.3 Å². The smallest absolute Gasteiger partial charge is 0.456 e. The number of rotatable bonds is 5. The van der Waals surface area contributed by atoms with Crippen molar-refractivity contribution in [1.82, 2.24) is 0 Å². The number of hydrogen-bond acceptors (Lipinski definition) is 3. The van der Waals surface area contributed by atoms with Gasteiger partial charge >= 0.3 is 12.1 Å². The van der Waals surface area contributed by atoms with Crippen LogP contribution in [0.2, 0.25) is 0 Å². The van der Waals surface area contributed by atoms with Crippen LogP contribution < -0.4 is 5.73 Å². The number of ether oxygens (including phenoxy) is 1. The molecule has 0 saturated heterocycles. The van der Waals surface area contributed by atoms with Gasteiger partial charge < -0.3 is 10.5 Å².